The summed E-state index contributed by atoms with van der Waals surface area (Å²) in [7, 11) is 0. The number of aromatic carboxylic acids is 1. The molecule has 0 aliphatic carbocycles. The summed E-state index contributed by atoms with van der Waals surface area (Å²) >= 11 is 1.26. The summed E-state index contributed by atoms with van der Waals surface area (Å²) in [4.78, 5) is 15.1. The normalized spacial score (nSPS) is 10.7. The lowest BCUT2D eigenvalue weighted by atomic mass is 10.2. The van der Waals surface area contributed by atoms with Crippen molar-refractivity contribution in [1.82, 2.24) is 4.98 Å². The molecular formula is C14H8FNO4S. The van der Waals surface area contributed by atoms with Crippen LogP contribution in [-0.4, -0.2) is 21.2 Å². The molecule has 1 aromatic carbocycles. The quantitative estimate of drug-likeness (QED) is 0.772. The standard InChI is InChI=1S/C14H8FNO4S/c15-9-3-7(1-2-11(9)17)13-16-10(6-21-13)12-4-8(5-20-12)14(18)19/h1-6,17H,(H,18,19). The zero-order valence-corrected chi connectivity index (χ0v) is 11.2. The lowest BCUT2D eigenvalue weighted by Gasteiger charge is -1.98. The minimum atomic E-state index is -1.08. The largest absolute Gasteiger partial charge is 0.505 e. The molecule has 21 heavy (non-hydrogen) atoms. The fraction of sp³-hybridized carbons (Fsp3) is 0. The van der Waals surface area contributed by atoms with Crippen LogP contribution < -0.4 is 0 Å². The Labute approximate surface area is 121 Å². The van der Waals surface area contributed by atoms with Gasteiger partial charge in [-0.3, -0.25) is 0 Å². The number of hydrogen-bond acceptors (Lipinski definition) is 5. The van der Waals surface area contributed by atoms with Crippen LogP contribution in [0, 0.1) is 5.82 Å². The first kappa shape index (κ1) is 13.3. The van der Waals surface area contributed by atoms with Crippen LogP contribution in [0.4, 0.5) is 4.39 Å². The Morgan fingerprint density at radius 1 is 1.33 bits per heavy atom. The van der Waals surface area contributed by atoms with Gasteiger partial charge in [-0.05, 0) is 18.2 Å². The Kier molecular flexibility index (Phi) is 3.19. The van der Waals surface area contributed by atoms with Gasteiger partial charge < -0.3 is 14.6 Å². The number of carboxylic acids is 1. The molecule has 0 amide bonds. The summed E-state index contributed by atoms with van der Waals surface area (Å²) in [5, 5.41) is 20.2. The molecule has 106 valence electrons. The van der Waals surface area contributed by atoms with E-state index in [1.54, 1.807) is 11.4 Å². The van der Waals surface area contributed by atoms with E-state index in [0.717, 1.165) is 6.26 Å². The molecule has 3 aromatic rings. The van der Waals surface area contributed by atoms with Crippen molar-refractivity contribution in [3.05, 3.63) is 47.3 Å². The van der Waals surface area contributed by atoms with E-state index in [0.29, 0.717) is 22.0 Å². The van der Waals surface area contributed by atoms with Crippen molar-refractivity contribution < 1.29 is 23.8 Å². The summed E-state index contributed by atoms with van der Waals surface area (Å²) in [6.45, 7) is 0. The number of rotatable bonds is 3. The second-order valence-electron chi connectivity index (χ2n) is 4.21. The highest BCUT2D eigenvalue weighted by Crippen LogP contribution is 2.31. The monoisotopic (exact) mass is 305 g/mol. The van der Waals surface area contributed by atoms with Gasteiger partial charge in [0.1, 0.15) is 17.0 Å². The first-order valence-electron chi connectivity index (χ1n) is 5.81. The van der Waals surface area contributed by atoms with Gasteiger partial charge >= 0.3 is 5.97 Å². The van der Waals surface area contributed by atoms with Crippen LogP contribution in [0.2, 0.25) is 0 Å². The third-order valence-corrected chi connectivity index (χ3v) is 3.69. The van der Waals surface area contributed by atoms with Gasteiger partial charge in [-0.25, -0.2) is 14.2 Å². The molecule has 7 heteroatoms. The molecule has 0 saturated carbocycles. The summed E-state index contributed by atoms with van der Waals surface area (Å²) in [6.07, 6.45) is 1.14. The number of aromatic hydroxyl groups is 1. The van der Waals surface area contributed by atoms with Crippen LogP contribution in [0.25, 0.3) is 22.0 Å². The summed E-state index contributed by atoms with van der Waals surface area (Å²) in [6, 6.07) is 5.36. The molecule has 0 atom stereocenters. The molecule has 5 nitrogen and oxygen atoms in total. The number of halogens is 1. The van der Waals surface area contributed by atoms with Crippen LogP contribution in [0.15, 0.2) is 40.3 Å². The number of hydrogen-bond donors (Lipinski definition) is 2. The Morgan fingerprint density at radius 2 is 2.14 bits per heavy atom. The molecule has 0 saturated heterocycles. The summed E-state index contributed by atoms with van der Waals surface area (Å²) in [5.74, 6) is -1.90. The zero-order chi connectivity index (χ0) is 15.0. The highest BCUT2D eigenvalue weighted by atomic mass is 32.1. The van der Waals surface area contributed by atoms with Crippen LogP contribution in [0.1, 0.15) is 10.4 Å². The maximum atomic E-state index is 13.3. The van der Waals surface area contributed by atoms with Crippen molar-refractivity contribution in [3.63, 3.8) is 0 Å². The number of phenolic OH excluding ortho intramolecular Hbond substituents is 1. The average Bonchev–Trinajstić information content (AvgIpc) is 3.09. The van der Waals surface area contributed by atoms with Gasteiger partial charge in [-0.1, -0.05) is 0 Å². The molecule has 3 rings (SSSR count). The number of benzene rings is 1. The van der Waals surface area contributed by atoms with Gasteiger partial charge in [0.15, 0.2) is 17.3 Å². The molecule has 2 heterocycles. The molecule has 0 bridgehead atoms. The van der Waals surface area contributed by atoms with E-state index >= 15 is 0 Å². The number of carbonyl (C=O) groups is 1. The van der Waals surface area contributed by atoms with Crippen LogP contribution >= 0.6 is 11.3 Å². The van der Waals surface area contributed by atoms with E-state index in [-0.39, 0.29) is 5.56 Å². The lowest BCUT2D eigenvalue weighted by molar-refractivity contribution is 0.0696. The van der Waals surface area contributed by atoms with Gasteiger partial charge in [0.05, 0.1) is 5.56 Å². The second-order valence-corrected chi connectivity index (χ2v) is 5.07. The van der Waals surface area contributed by atoms with Crippen molar-refractivity contribution in [2.45, 2.75) is 0 Å². The maximum Gasteiger partial charge on any atom is 0.338 e. The fourth-order valence-corrected chi connectivity index (χ4v) is 2.55. The SMILES string of the molecule is O=C(O)c1coc(-c2csc(-c3ccc(O)c(F)c3)n2)c1. The Hall–Kier alpha value is -2.67. The Morgan fingerprint density at radius 3 is 2.81 bits per heavy atom. The molecule has 0 fully saturated rings. The fourth-order valence-electron chi connectivity index (χ4n) is 1.74. The van der Waals surface area contributed by atoms with Gasteiger partial charge in [0.2, 0.25) is 0 Å². The predicted molar refractivity (Wildman–Crippen MR) is 73.8 cm³/mol. The number of carboxylic acid groups (broad SMARTS) is 1. The molecule has 0 aliphatic heterocycles. The van der Waals surface area contributed by atoms with Gasteiger partial charge in [0, 0.05) is 17.0 Å². The van der Waals surface area contributed by atoms with E-state index in [9.17, 15) is 9.18 Å². The first-order chi connectivity index (χ1) is 10.0. The number of nitrogens with zero attached hydrogens (tertiary/aromatic N) is 1. The maximum absolute atomic E-state index is 13.3. The molecule has 2 N–H and O–H groups in total. The minimum absolute atomic E-state index is 0.0372. The van der Waals surface area contributed by atoms with Crippen molar-refractivity contribution in [1.29, 1.82) is 0 Å². The highest BCUT2D eigenvalue weighted by Gasteiger charge is 2.14. The first-order valence-corrected chi connectivity index (χ1v) is 6.69. The van der Waals surface area contributed by atoms with Crippen molar-refractivity contribution >= 4 is 17.3 Å². The third-order valence-electron chi connectivity index (χ3n) is 2.80. The van der Waals surface area contributed by atoms with Gasteiger partial charge in [0.25, 0.3) is 0 Å². The third kappa shape index (κ3) is 2.50. The number of aromatic nitrogens is 1. The minimum Gasteiger partial charge on any atom is -0.505 e. The molecule has 0 radical (unpaired) electrons. The Bertz CT molecular complexity index is 824. The van der Waals surface area contributed by atoms with Crippen molar-refractivity contribution in [2.75, 3.05) is 0 Å². The van der Waals surface area contributed by atoms with Crippen molar-refractivity contribution in [2.24, 2.45) is 0 Å². The second kappa shape index (κ2) is 5.02. The van der Waals surface area contributed by atoms with E-state index in [1.165, 1.54) is 29.5 Å². The molecule has 2 aromatic heterocycles. The van der Waals surface area contributed by atoms with E-state index in [1.807, 2.05) is 0 Å². The molecular weight excluding hydrogens is 297 g/mol. The zero-order valence-electron chi connectivity index (χ0n) is 10.4. The average molecular weight is 305 g/mol. The van der Waals surface area contributed by atoms with Gasteiger partial charge in [-0.2, -0.15) is 0 Å². The van der Waals surface area contributed by atoms with Crippen LogP contribution in [0.3, 0.4) is 0 Å². The smallest absolute Gasteiger partial charge is 0.338 e. The molecule has 0 unspecified atom stereocenters. The van der Waals surface area contributed by atoms with E-state index < -0.39 is 17.5 Å². The predicted octanol–water partition coefficient (Wildman–Crippen LogP) is 3.61. The number of phenols is 1. The summed E-state index contributed by atoms with van der Waals surface area (Å²) < 4.78 is 18.5. The number of furan rings is 1. The van der Waals surface area contributed by atoms with E-state index in [2.05, 4.69) is 4.98 Å². The summed E-state index contributed by atoms with van der Waals surface area (Å²) in [5.41, 5.74) is 1.03. The molecule has 0 aliphatic rings. The lowest BCUT2D eigenvalue weighted by Crippen LogP contribution is -1.91. The van der Waals surface area contributed by atoms with Crippen molar-refractivity contribution in [3.8, 4) is 27.8 Å². The topological polar surface area (TPSA) is 83.6 Å². The molecule has 0 spiro atoms. The van der Waals surface area contributed by atoms with E-state index in [4.69, 9.17) is 14.6 Å². The van der Waals surface area contributed by atoms with Crippen LogP contribution in [-0.2, 0) is 0 Å². The van der Waals surface area contributed by atoms with Gasteiger partial charge in [-0.15, -0.1) is 11.3 Å². The highest BCUT2D eigenvalue weighted by molar-refractivity contribution is 7.13. The number of thiazole rings is 1. The van der Waals surface area contributed by atoms with Crippen LogP contribution in [0.5, 0.6) is 5.75 Å². The Balaban J connectivity index is 1.95.